The third-order valence-electron chi connectivity index (χ3n) is 3.25. The SMILES string of the molecule is COC1CCCC1NCc1cc(Cl)cc(Cl)c1. The van der Waals surface area contributed by atoms with E-state index in [1.807, 2.05) is 12.1 Å². The first kappa shape index (κ1) is 13.2. The minimum atomic E-state index is 0.338. The summed E-state index contributed by atoms with van der Waals surface area (Å²) in [6.07, 6.45) is 3.88. The van der Waals surface area contributed by atoms with E-state index in [1.165, 1.54) is 12.8 Å². The van der Waals surface area contributed by atoms with Crippen molar-refractivity contribution in [2.45, 2.75) is 38.0 Å². The van der Waals surface area contributed by atoms with E-state index in [9.17, 15) is 0 Å². The Labute approximate surface area is 112 Å². The molecule has 17 heavy (non-hydrogen) atoms. The average Bonchev–Trinajstić information content (AvgIpc) is 2.72. The number of rotatable bonds is 4. The van der Waals surface area contributed by atoms with Crippen LogP contribution in [-0.2, 0) is 11.3 Å². The highest BCUT2D eigenvalue weighted by Gasteiger charge is 2.26. The minimum absolute atomic E-state index is 0.338. The first-order valence-electron chi connectivity index (χ1n) is 5.90. The number of hydrogen-bond donors (Lipinski definition) is 1. The molecule has 1 fully saturated rings. The molecule has 2 atom stereocenters. The van der Waals surface area contributed by atoms with E-state index in [2.05, 4.69) is 5.32 Å². The van der Waals surface area contributed by atoms with Crippen LogP contribution in [0.4, 0.5) is 0 Å². The quantitative estimate of drug-likeness (QED) is 0.904. The van der Waals surface area contributed by atoms with Crippen molar-refractivity contribution in [1.29, 1.82) is 0 Å². The van der Waals surface area contributed by atoms with Crippen LogP contribution in [0.1, 0.15) is 24.8 Å². The molecule has 2 rings (SSSR count). The Balaban J connectivity index is 1.93. The van der Waals surface area contributed by atoms with Gasteiger partial charge in [-0.2, -0.15) is 0 Å². The fourth-order valence-electron chi connectivity index (χ4n) is 2.40. The van der Waals surface area contributed by atoms with Gasteiger partial charge in [-0.3, -0.25) is 0 Å². The summed E-state index contributed by atoms with van der Waals surface area (Å²) in [6, 6.07) is 6.08. The van der Waals surface area contributed by atoms with Crippen LogP contribution < -0.4 is 5.32 Å². The van der Waals surface area contributed by atoms with Crippen LogP contribution in [0.5, 0.6) is 0 Å². The number of halogens is 2. The lowest BCUT2D eigenvalue weighted by Crippen LogP contribution is -2.36. The van der Waals surface area contributed by atoms with Gasteiger partial charge in [-0.05, 0) is 43.0 Å². The maximum absolute atomic E-state index is 5.96. The summed E-state index contributed by atoms with van der Waals surface area (Å²) in [5.74, 6) is 0. The average molecular weight is 274 g/mol. The number of methoxy groups -OCH3 is 1. The zero-order valence-electron chi connectivity index (χ0n) is 9.88. The fourth-order valence-corrected chi connectivity index (χ4v) is 2.97. The van der Waals surface area contributed by atoms with Crippen LogP contribution >= 0.6 is 23.2 Å². The second kappa shape index (κ2) is 6.05. The highest BCUT2D eigenvalue weighted by Crippen LogP contribution is 2.23. The van der Waals surface area contributed by atoms with Crippen molar-refractivity contribution in [3.63, 3.8) is 0 Å². The van der Waals surface area contributed by atoms with Crippen LogP contribution in [-0.4, -0.2) is 19.3 Å². The Bertz CT molecular complexity index is 363. The summed E-state index contributed by atoms with van der Waals surface area (Å²) in [7, 11) is 1.78. The fraction of sp³-hybridized carbons (Fsp3) is 0.538. The topological polar surface area (TPSA) is 21.3 Å². The van der Waals surface area contributed by atoms with Gasteiger partial charge < -0.3 is 10.1 Å². The summed E-state index contributed by atoms with van der Waals surface area (Å²) in [5, 5.41) is 4.88. The lowest BCUT2D eigenvalue weighted by atomic mass is 10.1. The van der Waals surface area contributed by atoms with Crippen molar-refractivity contribution in [3.8, 4) is 0 Å². The van der Waals surface area contributed by atoms with E-state index < -0.39 is 0 Å². The van der Waals surface area contributed by atoms with Crippen LogP contribution in [0.3, 0.4) is 0 Å². The zero-order chi connectivity index (χ0) is 12.3. The number of benzene rings is 1. The van der Waals surface area contributed by atoms with Gasteiger partial charge in [0.15, 0.2) is 0 Å². The first-order valence-corrected chi connectivity index (χ1v) is 6.66. The predicted molar refractivity (Wildman–Crippen MR) is 71.7 cm³/mol. The molecule has 1 N–H and O–H groups in total. The molecule has 0 aromatic heterocycles. The summed E-state index contributed by atoms with van der Waals surface area (Å²) < 4.78 is 5.45. The maximum atomic E-state index is 5.96. The second-order valence-electron chi connectivity index (χ2n) is 4.47. The van der Waals surface area contributed by atoms with Gasteiger partial charge in [-0.25, -0.2) is 0 Å². The molecular weight excluding hydrogens is 257 g/mol. The molecule has 1 aromatic carbocycles. The Morgan fingerprint density at radius 3 is 2.59 bits per heavy atom. The molecule has 1 aliphatic carbocycles. The molecular formula is C13H17Cl2NO. The van der Waals surface area contributed by atoms with Gasteiger partial charge in [0.1, 0.15) is 0 Å². The lowest BCUT2D eigenvalue weighted by Gasteiger charge is -2.19. The second-order valence-corrected chi connectivity index (χ2v) is 5.34. The standard InChI is InChI=1S/C13H17Cl2NO/c1-17-13-4-2-3-12(13)16-8-9-5-10(14)7-11(15)6-9/h5-7,12-13,16H,2-4,8H2,1H3. The Morgan fingerprint density at radius 1 is 1.24 bits per heavy atom. The van der Waals surface area contributed by atoms with Crippen molar-refractivity contribution in [2.24, 2.45) is 0 Å². The third kappa shape index (κ3) is 3.59. The normalized spacial score (nSPS) is 24.2. The number of nitrogens with one attached hydrogen (secondary N) is 1. The van der Waals surface area contributed by atoms with Gasteiger partial charge in [0.05, 0.1) is 6.10 Å². The van der Waals surface area contributed by atoms with E-state index in [0.717, 1.165) is 18.5 Å². The van der Waals surface area contributed by atoms with Crippen LogP contribution in [0, 0.1) is 0 Å². The molecule has 0 bridgehead atoms. The smallest absolute Gasteiger partial charge is 0.0724 e. The molecule has 0 heterocycles. The lowest BCUT2D eigenvalue weighted by molar-refractivity contribution is 0.0847. The third-order valence-corrected chi connectivity index (χ3v) is 3.68. The van der Waals surface area contributed by atoms with Gasteiger partial charge in [0.2, 0.25) is 0 Å². The molecule has 0 saturated heterocycles. The molecule has 1 aromatic rings. The van der Waals surface area contributed by atoms with Crippen LogP contribution in [0.25, 0.3) is 0 Å². The Hall–Kier alpha value is -0.280. The largest absolute Gasteiger partial charge is 0.380 e. The molecule has 1 aliphatic rings. The Morgan fingerprint density at radius 2 is 1.94 bits per heavy atom. The number of ether oxygens (including phenoxy) is 1. The van der Waals surface area contributed by atoms with Crippen molar-refractivity contribution < 1.29 is 4.74 Å². The van der Waals surface area contributed by atoms with Gasteiger partial charge in [0, 0.05) is 29.7 Å². The molecule has 0 amide bonds. The maximum Gasteiger partial charge on any atom is 0.0724 e. The molecule has 4 heteroatoms. The van der Waals surface area contributed by atoms with Gasteiger partial charge in [-0.1, -0.05) is 23.2 Å². The minimum Gasteiger partial charge on any atom is -0.380 e. The summed E-state index contributed by atoms with van der Waals surface area (Å²) >= 11 is 11.9. The van der Waals surface area contributed by atoms with E-state index in [1.54, 1.807) is 13.2 Å². The van der Waals surface area contributed by atoms with Crippen molar-refractivity contribution in [2.75, 3.05) is 7.11 Å². The van der Waals surface area contributed by atoms with E-state index in [0.29, 0.717) is 22.2 Å². The van der Waals surface area contributed by atoms with Crippen LogP contribution in [0.2, 0.25) is 10.0 Å². The first-order chi connectivity index (χ1) is 8.19. The van der Waals surface area contributed by atoms with E-state index in [-0.39, 0.29) is 0 Å². The molecule has 1 saturated carbocycles. The van der Waals surface area contributed by atoms with Gasteiger partial charge >= 0.3 is 0 Å². The monoisotopic (exact) mass is 273 g/mol. The van der Waals surface area contributed by atoms with Gasteiger partial charge in [0.25, 0.3) is 0 Å². The number of hydrogen-bond acceptors (Lipinski definition) is 2. The zero-order valence-corrected chi connectivity index (χ0v) is 11.4. The predicted octanol–water partition coefficient (Wildman–Crippen LogP) is 3.65. The molecule has 2 unspecified atom stereocenters. The molecule has 0 aliphatic heterocycles. The van der Waals surface area contributed by atoms with Crippen LogP contribution in [0.15, 0.2) is 18.2 Å². The summed E-state index contributed by atoms with van der Waals surface area (Å²) in [5.41, 5.74) is 1.12. The van der Waals surface area contributed by atoms with Crippen molar-refractivity contribution in [1.82, 2.24) is 5.32 Å². The summed E-state index contributed by atoms with van der Waals surface area (Å²) in [6.45, 7) is 0.783. The molecule has 94 valence electrons. The molecule has 0 spiro atoms. The van der Waals surface area contributed by atoms with Gasteiger partial charge in [-0.15, -0.1) is 0 Å². The molecule has 0 radical (unpaired) electrons. The highest BCUT2D eigenvalue weighted by molar-refractivity contribution is 6.34. The van der Waals surface area contributed by atoms with E-state index in [4.69, 9.17) is 27.9 Å². The summed E-state index contributed by atoms with van der Waals surface area (Å²) in [4.78, 5) is 0. The van der Waals surface area contributed by atoms with Crippen molar-refractivity contribution in [3.05, 3.63) is 33.8 Å². The van der Waals surface area contributed by atoms with Crippen molar-refractivity contribution >= 4 is 23.2 Å². The Kier molecular flexibility index (Phi) is 4.69. The highest BCUT2D eigenvalue weighted by atomic mass is 35.5. The molecule has 2 nitrogen and oxygen atoms in total. The van der Waals surface area contributed by atoms with E-state index >= 15 is 0 Å².